The van der Waals surface area contributed by atoms with Crippen LogP contribution in [-0.2, 0) is 9.53 Å². The van der Waals surface area contributed by atoms with Crippen LogP contribution in [0.3, 0.4) is 0 Å². The summed E-state index contributed by atoms with van der Waals surface area (Å²) < 4.78 is 5.20. The van der Waals surface area contributed by atoms with Crippen LogP contribution in [0.15, 0.2) is 65.7 Å². The number of aliphatic imine (C=N–C) groups is 1. The fourth-order valence-electron chi connectivity index (χ4n) is 1.97. The molecule has 0 fully saturated rings. The van der Waals surface area contributed by atoms with Crippen LogP contribution in [0.25, 0.3) is 0 Å². The molecule has 1 N–H and O–H groups in total. The number of nitrogens with zero attached hydrogens (tertiary/aromatic N) is 1. The number of benzene rings is 2. The second-order valence-corrected chi connectivity index (χ2v) is 6.04. The zero-order valence-electron chi connectivity index (χ0n) is 13.5. The number of rotatable bonds is 2. The van der Waals surface area contributed by atoms with E-state index in [4.69, 9.17) is 10.1 Å². The van der Waals surface area contributed by atoms with Gasteiger partial charge in [0.05, 0.1) is 5.71 Å². The quantitative estimate of drug-likeness (QED) is 0.520. The Morgan fingerprint density at radius 3 is 1.74 bits per heavy atom. The summed E-state index contributed by atoms with van der Waals surface area (Å²) in [7, 11) is 0. The van der Waals surface area contributed by atoms with Crippen molar-refractivity contribution in [2.45, 2.75) is 26.4 Å². The molecule has 4 nitrogen and oxygen atoms in total. The Morgan fingerprint density at radius 2 is 1.35 bits per heavy atom. The van der Waals surface area contributed by atoms with Crippen molar-refractivity contribution in [1.82, 2.24) is 0 Å². The van der Waals surface area contributed by atoms with Crippen molar-refractivity contribution >= 4 is 17.5 Å². The van der Waals surface area contributed by atoms with Crippen LogP contribution >= 0.6 is 0 Å². The lowest BCUT2D eigenvalue weighted by Crippen LogP contribution is -2.28. The first-order chi connectivity index (χ1) is 10.9. The molecular weight excluding hydrogens is 288 g/mol. The van der Waals surface area contributed by atoms with E-state index < -0.39 is 17.4 Å². The summed E-state index contributed by atoms with van der Waals surface area (Å²) >= 11 is 0. The summed E-state index contributed by atoms with van der Waals surface area (Å²) in [5.41, 5.74) is 1.60. The van der Waals surface area contributed by atoms with Crippen molar-refractivity contribution in [3.05, 3.63) is 71.8 Å². The monoisotopic (exact) mass is 308 g/mol. The molecule has 4 heteroatoms. The number of esters is 1. The number of hydrogen-bond acceptors (Lipinski definition) is 3. The summed E-state index contributed by atoms with van der Waals surface area (Å²) in [5.74, 6) is -1.15. The maximum Gasteiger partial charge on any atom is 0.376 e. The van der Waals surface area contributed by atoms with E-state index in [0.29, 0.717) is 5.71 Å². The zero-order chi connectivity index (χ0) is 16.9. The summed E-state index contributed by atoms with van der Waals surface area (Å²) in [5, 5.41) is 7.94. The first-order valence-corrected chi connectivity index (χ1v) is 7.38. The maximum absolute atomic E-state index is 12.0. The molecule has 0 aromatic heterocycles. The number of ether oxygens (including phenoxy) is 1. The highest BCUT2D eigenvalue weighted by Gasteiger charge is 2.20. The Labute approximate surface area is 136 Å². The van der Waals surface area contributed by atoms with Gasteiger partial charge in [0.25, 0.3) is 0 Å². The number of carbonyl (C=O) groups excluding carboxylic acids is 1. The van der Waals surface area contributed by atoms with Crippen LogP contribution in [-0.4, -0.2) is 23.1 Å². The van der Waals surface area contributed by atoms with Crippen molar-refractivity contribution in [2.24, 2.45) is 4.99 Å². The van der Waals surface area contributed by atoms with E-state index in [-0.39, 0.29) is 0 Å². The Balaban J connectivity index is 2.38. The number of hydrogen-bond donors (Lipinski definition) is 1. The van der Waals surface area contributed by atoms with Crippen molar-refractivity contribution in [3.8, 4) is 0 Å². The average molecular weight is 308 g/mol. The van der Waals surface area contributed by atoms with Gasteiger partial charge in [0, 0.05) is 11.1 Å². The molecule has 0 heterocycles. The van der Waals surface area contributed by atoms with E-state index in [1.165, 1.54) is 0 Å². The van der Waals surface area contributed by atoms with Gasteiger partial charge >= 0.3 is 5.97 Å². The van der Waals surface area contributed by atoms with Gasteiger partial charge in [-0.15, -0.1) is 0 Å². The predicted octanol–water partition coefficient (Wildman–Crippen LogP) is 3.84. The van der Waals surface area contributed by atoms with Crippen LogP contribution in [0.5, 0.6) is 0 Å². The van der Waals surface area contributed by atoms with Crippen LogP contribution in [0.1, 0.15) is 31.9 Å². The van der Waals surface area contributed by atoms with E-state index >= 15 is 0 Å². The maximum atomic E-state index is 12.0. The highest BCUT2D eigenvalue weighted by Crippen LogP contribution is 2.12. The SMILES string of the molecule is CC(C)(C)OC(=O)C(=N)N=C(c1ccccc1)c1ccccc1. The lowest BCUT2D eigenvalue weighted by molar-refractivity contribution is -0.146. The molecule has 0 amide bonds. The lowest BCUT2D eigenvalue weighted by Gasteiger charge is -2.18. The van der Waals surface area contributed by atoms with Gasteiger partial charge < -0.3 is 4.74 Å². The van der Waals surface area contributed by atoms with Crippen LogP contribution in [0, 0.1) is 5.41 Å². The Kier molecular flexibility index (Phi) is 5.06. The molecule has 2 aromatic rings. The van der Waals surface area contributed by atoms with Crippen molar-refractivity contribution < 1.29 is 9.53 Å². The topological polar surface area (TPSA) is 62.5 Å². The normalized spacial score (nSPS) is 10.7. The summed E-state index contributed by atoms with van der Waals surface area (Å²) in [6.07, 6.45) is 0. The van der Waals surface area contributed by atoms with Crippen molar-refractivity contribution in [1.29, 1.82) is 5.41 Å². The van der Waals surface area contributed by atoms with E-state index in [0.717, 1.165) is 11.1 Å². The standard InChI is InChI=1S/C19H20N2O2/c1-19(2,3)23-18(22)17(20)21-16(14-10-6-4-7-11-14)15-12-8-5-9-13-15/h4-13,20H,1-3H3. The third-order valence-electron chi connectivity index (χ3n) is 2.91. The van der Waals surface area contributed by atoms with Crippen LogP contribution in [0.2, 0.25) is 0 Å². The van der Waals surface area contributed by atoms with Gasteiger partial charge in [-0.2, -0.15) is 0 Å². The molecule has 0 aliphatic carbocycles. The minimum atomic E-state index is -0.734. The predicted molar refractivity (Wildman–Crippen MR) is 92.1 cm³/mol. The molecule has 0 spiro atoms. The second-order valence-electron chi connectivity index (χ2n) is 6.04. The average Bonchev–Trinajstić information content (AvgIpc) is 2.52. The summed E-state index contributed by atoms with van der Waals surface area (Å²) in [4.78, 5) is 16.2. The molecular formula is C19H20N2O2. The molecule has 0 saturated heterocycles. The summed E-state index contributed by atoms with van der Waals surface area (Å²) in [6, 6.07) is 19.0. The fourth-order valence-corrected chi connectivity index (χ4v) is 1.97. The molecule has 0 aliphatic heterocycles. The molecule has 0 saturated carbocycles. The van der Waals surface area contributed by atoms with Gasteiger partial charge in [-0.25, -0.2) is 9.79 Å². The van der Waals surface area contributed by atoms with E-state index in [1.54, 1.807) is 20.8 Å². The highest BCUT2D eigenvalue weighted by molar-refractivity contribution is 6.38. The number of carbonyl (C=O) groups is 1. The van der Waals surface area contributed by atoms with Gasteiger partial charge in [0.1, 0.15) is 5.60 Å². The molecule has 2 rings (SSSR count). The minimum Gasteiger partial charge on any atom is -0.454 e. The van der Waals surface area contributed by atoms with Gasteiger partial charge in [-0.05, 0) is 20.8 Å². The van der Waals surface area contributed by atoms with E-state index in [1.807, 2.05) is 60.7 Å². The molecule has 0 aliphatic rings. The van der Waals surface area contributed by atoms with Gasteiger partial charge in [-0.3, -0.25) is 5.41 Å². The van der Waals surface area contributed by atoms with E-state index in [2.05, 4.69) is 4.99 Å². The molecule has 0 radical (unpaired) electrons. The molecule has 0 atom stereocenters. The fraction of sp³-hybridized carbons (Fsp3) is 0.211. The Morgan fingerprint density at radius 1 is 0.913 bits per heavy atom. The third kappa shape index (κ3) is 4.88. The van der Waals surface area contributed by atoms with Crippen LogP contribution < -0.4 is 0 Å². The third-order valence-corrected chi connectivity index (χ3v) is 2.91. The molecule has 118 valence electrons. The van der Waals surface area contributed by atoms with E-state index in [9.17, 15) is 4.79 Å². The second kappa shape index (κ2) is 7.01. The first kappa shape index (κ1) is 16.6. The Bertz CT molecular complexity index is 673. The van der Waals surface area contributed by atoms with Crippen LogP contribution in [0.4, 0.5) is 0 Å². The molecule has 23 heavy (non-hydrogen) atoms. The zero-order valence-corrected chi connectivity index (χ0v) is 13.5. The minimum absolute atomic E-state index is 0.414. The van der Waals surface area contributed by atoms with Crippen molar-refractivity contribution in [3.63, 3.8) is 0 Å². The lowest BCUT2D eigenvalue weighted by atomic mass is 10.0. The summed E-state index contributed by atoms with van der Waals surface area (Å²) in [6.45, 7) is 5.28. The van der Waals surface area contributed by atoms with Gasteiger partial charge in [-0.1, -0.05) is 60.7 Å². The molecule has 0 bridgehead atoms. The van der Waals surface area contributed by atoms with Gasteiger partial charge in [0.2, 0.25) is 5.84 Å². The number of amidine groups is 1. The largest absolute Gasteiger partial charge is 0.454 e. The number of nitrogens with one attached hydrogen (secondary N) is 1. The molecule has 0 unspecified atom stereocenters. The van der Waals surface area contributed by atoms with Gasteiger partial charge in [0.15, 0.2) is 0 Å². The highest BCUT2D eigenvalue weighted by atomic mass is 16.6. The Hall–Kier alpha value is -2.75. The first-order valence-electron chi connectivity index (χ1n) is 7.38. The smallest absolute Gasteiger partial charge is 0.376 e. The molecule has 2 aromatic carbocycles. The van der Waals surface area contributed by atoms with Crippen molar-refractivity contribution in [2.75, 3.05) is 0 Å².